The van der Waals surface area contributed by atoms with Gasteiger partial charge < -0.3 is 77.2 Å². The monoisotopic (exact) mass is 1290 g/mol. The predicted octanol–water partition coefficient (Wildman–Crippen LogP) is 4.52. The summed E-state index contributed by atoms with van der Waals surface area (Å²) in [5, 5.41) is 18.3. The third-order valence-electron chi connectivity index (χ3n) is 10.3. The Morgan fingerprint density at radius 1 is 0.461 bits per heavy atom. The molecule has 2 aliphatic rings. The van der Waals surface area contributed by atoms with Crippen molar-refractivity contribution in [2.45, 2.75) is 160 Å². The minimum absolute atomic E-state index is 0.117. The van der Waals surface area contributed by atoms with Crippen LogP contribution in [0, 0.1) is 0 Å². The fourth-order valence-corrected chi connectivity index (χ4v) is 6.35. The summed E-state index contributed by atoms with van der Waals surface area (Å²) in [5.41, 5.74) is -0.328. The molecule has 2 N–H and O–H groups in total. The number of aliphatic hydroxyl groups is 2. The van der Waals surface area contributed by atoms with Crippen LogP contribution >= 0.6 is 0 Å². The quantitative estimate of drug-likeness (QED) is 0.0618. The first-order chi connectivity index (χ1) is 41.5. The Hall–Kier alpha value is -5.13. The van der Waals surface area contributed by atoms with E-state index in [9.17, 15) is 48.3 Å². The standard InChI is InChI=1S/C10H19NO3.C9H19NO3.C8H15NO3.C8H17NO2.C7H15NO2.C6H13NO2.C6H12O2.C5H10O2.C3H6O2/c1-9(12)14-8-10(13)7-11-5-3-2-4-6-11;1-3-4-10(5-7-11)6-8-13-9(2)12;1-8(10)12-7-4-9-2-5-11-6-3-9;1-8(10)11-7-5-4-6-9(2)3;1-7(9)10-6-4-5-8(2)3;1-6(8)9-5-4-7(2)3;1-5(7)8-6(2,3)4;1-3-4-7-5(2)6;1-3(4)5-2/h10,13H,2-8H2,1H3;11H,3-8H2,1-2H3;2-7H2,1H3;4-7H2,1-3H3;4-6H2,1-3H3;4-5H2,1-3H3;1-4H3;3-4H2,1-2H3;1-2H3. The molecular formula is C62H126N6O21. The van der Waals surface area contributed by atoms with E-state index in [-0.39, 0.29) is 72.5 Å². The van der Waals surface area contributed by atoms with E-state index in [4.69, 9.17) is 38.3 Å². The lowest BCUT2D eigenvalue weighted by Gasteiger charge is -2.28. The van der Waals surface area contributed by atoms with Crippen molar-refractivity contribution in [3.8, 4) is 0 Å². The van der Waals surface area contributed by atoms with Gasteiger partial charge in [0.25, 0.3) is 0 Å². The molecule has 0 amide bonds. The van der Waals surface area contributed by atoms with Crippen LogP contribution in [0.3, 0.4) is 0 Å². The van der Waals surface area contributed by atoms with Crippen LogP contribution in [0.25, 0.3) is 0 Å². The smallest absolute Gasteiger partial charge is 0.303 e. The summed E-state index contributed by atoms with van der Waals surface area (Å²) < 4.78 is 47.2. The van der Waals surface area contributed by atoms with Crippen molar-refractivity contribution in [2.75, 3.05) is 194 Å². The van der Waals surface area contributed by atoms with E-state index in [1.807, 2.05) is 74.9 Å². The van der Waals surface area contributed by atoms with Gasteiger partial charge in [0, 0.05) is 115 Å². The van der Waals surface area contributed by atoms with Gasteiger partial charge in [-0.3, -0.25) is 53.0 Å². The van der Waals surface area contributed by atoms with E-state index >= 15 is 0 Å². The zero-order valence-corrected chi connectivity index (χ0v) is 59.1. The van der Waals surface area contributed by atoms with Crippen LogP contribution in [0.5, 0.6) is 0 Å². The highest BCUT2D eigenvalue weighted by molar-refractivity contribution is 5.68. The Balaban J connectivity index is -0.000000172. The van der Waals surface area contributed by atoms with Crippen molar-refractivity contribution in [2.24, 2.45) is 0 Å². The fraction of sp³-hybridized carbons (Fsp3) is 0.855. The number of hydrogen-bond acceptors (Lipinski definition) is 27. The largest absolute Gasteiger partial charge is 0.469 e. The van der Waals surface area contributed by atoms with Gasteiger partial charge in [0.15, 0.2) is 0 Å². The van der Waals surface area contributed by atoms with Gasteiger partial charge in [-0.2, -0.15) is 0 Å². The zero-order chi connectivity index (χ0) is 70.0. The number of carbonyl (C=O) groups is 9. The number of piperidine rings is 1. The molecule has 27 heteroatoms. The van der Waals surface area contributed by atoms with E-state index in [0.717, 1.165) is 104 Å². The summed E-state index contributed by atoms with van der Waals surface area (Å²) in [6.45, 7) is 37.6. The van der Waals surface area contributed by atoms with Crippen molar-refractivity contribution in [3.63, 3.8) is 0 Å². The molecule has 89 heavy (non-hydrogen) atoms. The number of aliphatic hydroxyl groups excluding tert-OH is 2. The summed E-state index contributed by atoms with van der Waals surface area (Å²) in [5.74, 6) is -2.04. The Morgan fingerprint density at radius 3 is 1.22 bits per heavy atom. The SMILES string of the molecule is CC(=O)OC(C)(C)C.CC(=O)OCC(O)CN1CCCCC1.CC(=O)OCCCCN(C)C.CC(=O)OCCCN(C)C.CC(=O)OCCN(C)C.CC(=O)OCCN1CCOCC1.CCCN(CCO)CCOC(C)=O.CCCOC(C)=O.COC(C)=O. The molecule has 0 saturated carbocycles. The Morgan fingerprint density at radius 2 is 0.865 bits per heavy atom. The molecule has 1 atom stereocenters. The second-order valence-electron chi connectivity index (χ2n) is 21.7. The molecule has 2 saturated heterocycles. The van der Waals surface area contributed by atoms with E-state index < -0.39 is 6.10 Å². The summed E-state index contributed by atoms with van der Waals surface area (Å²) >= 11 is 0. The lowest BCUT2D eigenvalue weighted by atomic mass is 10.1. The van der Waals surface area contributed by atoms with Gasteiger partial charge in [-0.25, -0.2) is 0 Å². The lowest BCUT2D eigenvalue weighted by Crippen LogP contribution is -2.38. The van der Waals surface area contributed by atoms with Crippen molar-refractivity contribution >= 4 is 53.7 Å². The molecule has 2 aliphatic heterocycles. The predicted molar refractivity (Wildman–Crippen MR) is 343 cm³/mol. The number of methoxy groups -OCH3 is 1. The number of ether oxygens (including phenoxy) is 10. The molecule has 530 valence electrons. The first kappa shape index (κ1) is 97.5. The molecule has 0 aromatic rings. The Bertz CT molecular complexity index is 1700. The van der Waals surface area contributed by atoms with Crippen LogP contribution in [0.2, 0.25) is 0 Å². The Labute approximate surface area is 536 Å². The summed E-state index contributed by atoms with van der Waals surface area (Å²) in [7, 11) is 13.3. The molecule has 27 nitrogen and oxygen atoms in total. The summed E-state index contributed by atoms with van der Waals surface area (Å²) in [6.07, 6.45) is 8.05. The topological polar surface area (TPSA) is 306 Å². The molecule has 2 fully saturated rings. The van der Waals surface area contributed by atoms with E-state index in [0.29, 0.717) is 59.3 Å². The molecule has 0 radical (unpaired) electrons. The van der Waals surface area contributed by atoms with Gasteiger partial charge in [0.2, 0.25) is 0 Å². The van der Waals surface area contributed by atoms with Crippen molar-refractivity contribution in [1.82, 2.24) is 29.4 Å². The number of likely N-dealkylation sites (N-methyl/N-ethyl adjacent to an activating group) is 1. The number of morpholine rings is 1. The van der Waals surface area contributed by atoms with Gasteiger partial charge in [-0.05, 0) is 134 Å². The zero-order valence-electron chi connectivity index (χ0n) is 59.1. The number of esters is 9. The molecule has 0 aromatic heterocycles. The van der Waals surface area contributed by atoms with Crippen molar-refractivity contribution in [1.29, 1.82) is 0 Å². The first-order valence-electron chi connectivity index (χ1n) is 30.7. The number of hydrogen-bond donors (Lipinski definition) is 2. The van der Waals surface area contributed by atoms with Crippen LogP contribution in [0.1, 0.15) is 148 Å². The summed E-state index contributed by atoms with van der Waals surface area (Å²) in [6, 6.07) is 0. The average molecular weight is 1290 g/mol. The van der Waals surface area contributed by atoms with Crippen LogP contribution in [-0.2, 0) is 90.5 Å². The highest BCUT2D eigenvalue weighted by Crippen LogP contribution is 2.09. The van der Waals surface area contributed by atoms with Crippen LogP contribution in [0.15, 0.2) is 0 Å². The van der Waals surface area contributed by atoms with Gasteiger partial charge >= 0.3 is 53.7 Å². The second kappa shape index (κ2) is 70.3. The Kier molecular flexibility index (Phi) is 77.0. The van der Waals surface area contributed by atoms with Gasteiger partial charge in [-0.15, -0.1) is 0 Å². The molecule has 0 bridgehead atoms. The summed E-state index contributed by atoms with van der Waals surface area (Å²) in [4.78, 5) is 105. The van der Waals surface area contributed by atoms with Gasteiger partial charge in [-0.1, -0.05) is 20.3 Å². The van der Waals surface area contributed by atoms with Crippen LogP contribution in [0.4, 0.5) is 0 Å². The number of unbranched alkanes of at least 4 members (excludes halogenated alkanes) is 1. The third-order valence-corrected chi connectivity index (χ3v) is 10.3. The second-order valence-corrected chi connectivity index (χ2v) is 21.7. The van der Waals surface area contributed by atoms with Crippen molar-refractivity contribution < 1.29 is 101 Å². The van der Waals surface area contributed by atoms with Gasteiger partial charge in [0.05, 0.1) is 46.8 Å². The maximum absolute atomic E-state index is 10.5. The normalized spacial score (nSPS) is 12.7. The lowest BCUT2D eigenvalue weighted by molar-refractivity contribution is -0.152. The minimum Gasteiger partial charge on any atom is -0.469 e. The number of nitrogens with zero attached hydrogens (tertiary/aromatic N) is 6. The number of likely N-dealkylation sites (tertiary alicyclic amines) is 1. The highest BCUT2D eigenvalue weighted by Gasteiger charge is 2.16. The molecule has 1 unspecified atom stereocenters. The van der Waals surface area contributed by atoms with Crippen LogP contribution < -0.4 is 0 Å². The average Bonchev–Trinajstić information content (AvgIpc) is 3.56. The molecule has 0 aromatic carbocycles. The highest BCUT2D eigenvalue weighted by atomic mass is 16.6. The third kappa shape index (κ3) is 111. The molecule has 2 rings (SSSR count). The fourth-order valence-electron chi connectivity index (χ4n) is 6.35. The molecular weight excluding hydrogens is 1160 g/mol. The maximum atomic E-state index is 10.5. The van der Waals surface area contributed by atoms with Gasteiger partial charge in [0.1, 0.15) is 38.1 Å². The van der Waals surface area contributed by atoms with E-state index in [1.54, 1.807) is 0 Å². The number of β-amino-alcohol motifs (C(OH)–C–C–N with tert-alkyl or cyclic N) is 1. The van der Waals surface area contributed by atoms with Crippen LogP contribution in [-0.4, -0.2) is 299 Å². The molecule has 2 heterocycles. The first-order valence-corrected chi connectivity index (χ1v) is 30.7. The van der Waals surface area contributed by atoms with E-state index in [2.05, 4.69) is 45.6 Å². The van der Waals surface area contributed by atoms with E-state index in [1.165, 1.54) is 88.7 Å². The number of rotatable bonds is 28. The van der Waals surface area contributed by atoms with Crippen molar-refractivity contribution in [3.05, 3.63) is 0 Å². The minimum atomic E-state index is -0.544. The number of carbonyl (C=O) groups excluding carboxylic acids is 9. The molecule has 0 aliphatic carbocycles. The maximum Gasteiger partial charge on any atom is 0.303 e. The molecule has 0 spiro atoms.